The Morgan fingerprint density at radius 2 is 1.79 bits per heavy atom. The van der Waals surface area contributed by atoms with E-state index in [4.69, 9.17) is 11.1 Å². The molecule has 7 heteroatoms. The van der Waals surface area contributed by atoms with Crippen LogP contribution in [0.15, 0.2) is 29.2 Å². The maximum atomic E-state index is 12.8. The zero-order chi connectivity index (χ0) is 14.1. The van der Waals surface area contributed by atoms with Gasteiger partial charge in [0.2, 0.25) is 10.0 Å². The van der Waals surface area contributed by atoms with Crippen molar-refractivity contribution in [1.82, 2.24) is 4.72 Å². The van der Waals surface area contributed by atoms with E-state index in [-0.39, 0.29) is 10.7 Å². The van der Waals surface area contributed by atoms with Crippen LogP contribution < -0.4 is 10.5 Å². The Balaban J connectivity index is 2.30. The van der Waals surface area contributed by atoms with Gasteiger partial charge in [-0.2, -0.15) is 4.72 Å². The van der Waals surface area contributed by atoms with Gasteiger partial charge in [-0.1, -0.05) is 12.8 Å². The van der Waals surface area contributed by atoms with E-state index in [0.717, 1.165) is 25.0 Å². The summed E-state index contributed by atoms with van der Waals surface area (Å²) in [4.78, 5) is -0.0265. The van der Waals surface area contributed by atoms with Gasteiger partial charge in [0.25, 0.3) is 0 Å². The zero-order valence-electron chi connectivity index (χ0n) is 10.3. The fourth-order valence-electron chi connectivity index (χ4n) is 2.33. The van der Waals surface area contributed by atoms with E-state index in [0.29, 0.717) is 12.8 Å². The van der Waals surface area contributed by atoms with Crippen LogP contribution in [-0.2, 0) is 10.0 Å². The minimum absolute atomic E-state index is 0.0265. The molecule has 1 saturated carbocycles. The summed E-state index contributed by atoms with van der Waals surface area (Å²) in [7, 11) is -3.80. The van der Waals surface area contributed by atoms with Crippen LogP contribution in [0.25, 0.3) is 0 Å². The topological polar surface area (TPSA) is 96.0 Å². The Morgan fingerprint density at radius 3 is 2.26 bits per heavy atom. The molecule has 0 radical (unpaired) electrons. The molecule has 1 aromatic rings. The highest BCUT2D eigenvalue weighted by atomic mass is 32.2. The number of hydrogen-bond acceptors (Lipinski definition) is 3. The number of nitrogens with one attached hydrogen (secondary N) is 2. The third kappa shape index (κ3) is 2.76. The fourth-order valence-corrected chi connectivity index (χ4v) is 3.78. The largest absolute Gasteiger partial charge is 0.386 e. The molecule has 5 nitrogen and oxygen atoms in total. The molecule has 104 valence electrons. The van der Waals surface area contributed by atoms with Crippen LogP contribution in [0.1, 0.15) is 25.7 Å². The van der Waals surface area contributed by atoms with Crippen LogP contribution in [0.2, 0.25) is 0 Å². The van der Waals surface area contributed by atoms with Crippen LogP contribution in [0.4, 0.5) is 4.39 Å². The highest BCUT2D eigenvalue weighted by Crippen LogP contribution is 2.31. The summed E-state index contributed by atoms with van der Waals surface area (Å²) in [5, 5.41) is 7.61. The molecule has 0 aliphatic heterocycles. The first-order valence-electron chi connectivity index (χ1n) is 6.00. The average molecular weight is 285 g/mol. The number of sulfonamides is 1. The maximum absolute atomic E-state index is 12.8. The Kier molecular flexibility index (Phi) is 3.60. The second-order valence-electron chi connectivity index (χ2n) is 4.76. The molecule has 1 aliphatic carbocycles. The minimum atomic E-state index is -3.80. The summed E-state index contributed by atoms with van der Waals surface area (Å²) in [6.07, 6.45) is 2.68. The van der Waals surface area contributed by atoms with Gasteiger partial charge in [-0.05, 0) is 37.1 Å². The van der Waals surface area contributed by atoms with Crippen molar-refractivity contribution in [2.75, 3.05) is 0 Å². The molecular weight excluding hydrogens is 269 g/mol. The van der Waals surface area contributed by atoms with Gasteiger partial charge in [-0.15, -0.1) is 0 Å². The molecule has 2 rings (SSSR count). The fraction of sp³-hybridized carbons (Fsp3) is 0.417. The van der Waals surface area contributed by atoms with Crippen molar-refractivity contribution in [3.63, 3.8) is 0 Å². The summed E-state index contributed by atoms with van der Waals surface area (Å²) < 4.78 is 39.8. The van der Waals surface area contributed by atoms with Crippen LogP contribution in [0.5, 0.6) is 0 Å². The molecule has 0 saturated heterocycles. The molecule has 0 spiro atoms. The molecule has 1 aromatic carbocycles. The van der Waals surface area contributed by atoms with Crippen LogP contribution in [-0.4, -0.2) is 19.8 Å². The lowest BCUT2D eigenvalue weighted by molar-refractivity contribution is 0.496. The standard InChI is InChI=1S/C12H16FN3O2S/c13-9-3-5-10(6-4-9)19(17,18)16-12(11(14)15)7-1-2-8-12/h3-6,16H,1-2,7-8H2,(H3,14,15). The number of benzene rings is 1. The predicted octanol–water partition coefficient (Wildman–Crippen LogP) is 1.35. The van der Waals surface area contributed by atoms with Gasteiger partial charge in [0, 0.05) is 0 Å². The number of hydrogen-bond donors (Lipinski definition) is 3. The van der Waals surface area contributed by atoms with E-state index in [1.54, 1.807) is 0 Å². The molecule has 0 atom stereocenters. The average Bonchev–Trinajstić information content (AvgIpc) is 2.78. The van der Waals surface area contributed by atoms with Crippen molar-refractivity contribution in [2.24, 2.45) is 5.73 Å². The lowest BCUT2D eigenvalue weighted by Crippen LogP contribution is -2.55. The van der Waals surface area contributed by atoms with Gasteiger partial charge in [-0.25, -0.2) is 12.8 Å². The van der Waals surface area contributed by atoms with Crippen molar-refractivity contribution in [1.29, 1.82) is 5.41 Å². The molecule has 0 unspecified atom stereocenters. The van der Waals surface area contributed by atoms with E-state index in [9.17, 15) is 12.8 Å². The molecule has 19 heavy (non-hydrogen) atoms. The molecule has 1 aliphatic rings. The van der Waals surface area contributed by atoms with E-state index < -0.39 is 21.4 Å². The van der Waals surface area contributed by atoms with Gasteiger partial charge >= 0.3 is 0 Å². The van der Waals surface area contributed by atoms with Gasteiger partial charge in [0.05, 0.1) is 10.4 Å². The molecule has 0 heterocycles. The Hall–Kier alpha value is -1.47. The first-order chi connectivity index (χ1) is 8.86. The third-order valence-electron chi connectivity index (χ3n) is 3.43. The number of rotatable bonds is 4. The van der Waals surface area contributed by atoms with Gasteiger partial charge in [-0.3, -0.25) is 5.41 Å². The molecule has 0 amide bonds. The van der Waals surface area contributed by atoms with Crippen molar-refractivity contribution in [2.45, 2.75) is 36.1 Å². The van der Waals surface area contributed by atoms with E-state index >= 15 is 0 Å². The van der Waals surface area contributed by atoms with Gasteiger partial charge in [0.1, 0.15) is 11.7 Å². The summed E-state index contributed by atoms with van der Waals surface area (Å²) in [6.45, 7) is 0. The smallest absolute Gasteiger partial charge is 0.241 e. The van der Waals surface area contributed by atoms with Gasteiger partial charge < -0.3 is 5.73 Å². The van der Waals surface area contributed by atoms with E-state index in [2.05, 4.69) is 4.72 Å². The van der Waals surface area contributed by atoms with Crippen LogP contribution in [0, 0.1) is 11.2 Å². The van der Waals surface area contributed by atoms with Crippen LogP contribution >= 0.6 is 0 Å². The Labute approximate surface area is 111 Å². The summed E-state index contributed by atoms with van der Waals surface area (Å²) in [6, 6.07) is 4.56. The first-order valence-corrected chi connectivity index (χ1v) is 7.48. The van der Waals surface area contributed by atoms with Crippen molar-refractivity contribution >= 4 is 15.9 Å². The van der Waals surface area contributed by atoms with Gasteiger partial charge in [0.15, 0.2) is 0 Å². The Morgan fingerprint density at radius 1 is 1.26 bits per heavy atom. The summed E-state index contributed by atoms with van der Waals surface area (Å²) in [5.74, 6) is -0.670. The molecular formula is C12H16FN3O2S. The lowest BCUT2D eigenvalue weighted by Gasteiger charge is -2.28. The SMILES string of the molecule is N=C(N)C1(NS(=O)(=O)c2ccc(F)cc2)CCCC1. The van der Waals surface area contributed by atoms with Crippen molar-refractivity contribution in [3.8, 4) is 0 Å². The van der Waals surface area contributed by atoms with Crippen molar-refractivity contribution < 1.29 is 12.8 Å². The second-order valence-corrected chi connectivity index (χ2v) is 6.44. The number of amidine groups is 1. The summed E-state index contributed by atoms with van der Waals surface area (Å²) in [5.41, 5.74) is 4.55. The number of halogens is 1. The molecule has 1 fully saturated rings. The lowest BCUT2D eigenvalue weighted by atomic mass is 9.98. The molecule has 4 N–H and O–H groups in total. The van der Waals surface area contributed by atoms with Crippen LogP contribution in [0.3, 0.4) is 0 Å². The van der Waals surface area contributed by atoms with E-state index in [1.807, 2.05) is 0 Å². The molecule has 0 aromatic heterocycles. The minimum Gasteiger partial charge on any atom is -0.386 e. The highest BCUT2D eigenvalue weighted by molar-refractivity contribution is 7.89. The summed E-state index contributed by atoms with van der Waals surface area (Å²) >= 11 is 0. The quantitative estimate of drug-likeness (QED) is 0.575. The molecule has 0 bridgehead atoms. The third-order valence-corrected chi connectivity index (χ3v) is 4.98. The maximum Gasteiger partial charge on any atom is 0.241 e. The number of nitrogens with two attached hydrogens (primary N) is 1. The highest BCUT2D eigenvalue weighted by Gasteiger charge is 2.40. The van der Waals surface area contributed by atoms with E-state index in [1.165, 1.54) is 12.1 Å². The van der Waals surface area contributed by atoms with Crippen molar-refractivity contribution in [3.05, 3.63) is 30.1 Å². The zero-order valence-corrected chi connectivity index (χ0v) is 11.1. The monoisotopic (exact) mass is 285 g/mol. The predicted molar refractivity (Wildman–Crippen MR) is 69.8 cm³/mol. The second kappa shape index (κ2) is 4.90. The first kappa shape index (κ1) is 14.0. The normalized spacial score (nSPS) is 18.4. The Bertz CT molecular complexity index is 577.